The van der Waals surface area contributed by atoms with Gasteiger partial charge in [-0.25, -0.2) is 4.98 Å². The number of aromatic nitrogens is 1. The van der Waals surface area contributed by atoms with Gasteiger partial charge in [0.15, 0.2) is 0 Å². The van der Waals surface area contributed by atoms with E-state index in [0.29, 0.717) is 22.2 Å². The number of ether oxygens (including phenoxy) is 1. The molecule has 1 saturated carbocycles. The first-order chi connectivity index (χ1) is 12.1. The Balaban J connectivity index is 1.77. The zero-order chi connectivity index (χ0) is 17.8. The zero-order valence-corrected chi connectivity index (χ0v) is 15.2. The predicted octanol–water partition coefficient (Wildman–Crippen LogP) is 4.47. The molecular formula is C19H22ClN3O2. The average molecular weight is 360 g/mol. The molecule has 25 heavy (non-hydrogen) atoms. The molecule has 0 aliphatic heterocycles. The fourth-order valence-electron chi connectivity index (χ4n) is 3.05. The summed E-state index contributed by atoms with van der Waals surface area (Å²) in [6, 6.07) is 7.41. The van der Waals surface area contributed by atoms with E-state index < -0.39 is 0 Å². The van der Waals surface area contributed by atoms with E-state index in [1.807, 2.05) is 13.0 Å². The van der Waals surface area contributed by atoms with E-state index >= 15 is 0 Å². The van der Waals surface area contributed by atoms with Crippen molar-refractivity contribution in [1.29, 1.82) is 0 Å². The summed E-state index contributed by atoms with van der Waals surface area (Å²) in [6.45, 7) is 1.92. The lowest BCUT2D eigenvalue weighted by Gasteiger charge is -2.14. The average Bonchev–Trinajstić information content (AvgIpc) is 3.11. The number of methoxy groups -OCH3 is 1. The maximum atomic E-state index is 12.4. The van der Waals surface area contributed by atoms with Crippen molar-refractivity contribution >= 4 is 29.0 Å². The molecule has 0 atom stereocenters. The van der Waals surface area contributed by atoms with Gasteiger partial charge in [0, 0.05) is 28.9 Å². The predicted molar refractivity (Wildman–Crippen MR) is 100.0 cm³/mol. The largest absolute Gasteiger partial charge is 0.495 e. The molecule has 0 radical (unpaired) electrons. The third-order valence-corrected chi connectivity index (χ3v) is 4.86. The van der Waals surface area contributed by atoms with Crippen LogP contribution in [0.15, 0.2) is 30.5 Å². The van der Waals surface area contributed by atoms with Crippen molar-refractivity contribution in [3.63, 3.8) is 0 Å². The van der Waals surface area contributed by atoms with E-state index in [0.717, 1.165) is 24.1 Å². The Hall–Kier alpha value is -2.27. The van der Waals surface area contributed by atoms with Gasteiger partial charge in [-0.15, -0.1) is 0 Å². The van der Waals surface area contributed by atoms with Crippen molar-refractivity contribution in [3.8, 4) is 5.75 Å². The van der Waals surface area contributed by atoms with Gasteiger partial charge in [-0.05, 0) is 43.5 Å². The number of carbonyl (C=O) groups is 1. The van der Waals surface area contributed by atoms with E-state index in [1.54, 1.807) is 31.5 Å². The maximum Gasteiger partial charge on any atom is 0.251 e. The van der Waals surface area contributed by atoms with Crippen LogP contribution in [0.2, 0.25) is 5.02 Å². The van der Waals surface area contributed by atoms with Crippen LogP contribution in [0, 0.1) is 6.92 Å². The van der Waals surface area contributed by atoms with Crippen molar-refractivity contribution in [2.45, 2.75) is 38.6 Å². The van der Waals surface area contributed by atoms with E-state index in [-0.39, 0.29) is 11.9 Å². The molecule has 6 heteroatoms. The normalized spacial score (nSPS) is 14.4. The molecular weight excluding hydrogens is 338 g/mol. The van der Waals surface area contributed by atoms with E-state index in [9.17, 15) is 4.79 Å². The fourth-order valence-corrected chi connectivity index (χ4v) is 3.20. The van der Waals surface area contributed by atoms with Crippen LogP contribution in [-0.4, -0.2) is 24.0 Å². The number of anilines is 2. The van der Waals surface area contributed by atoms with Crippen molar-refractivity contribution in [2.75, 3.05) is 12.4 Å². The lowest BCUT2D eigenvalue weighted by Crippen LogP contribution is -2.32. The monoisotopic (exact) mass is 359 g/mol. The molecule has 1 amide bonds. The number of nitrogens with one attached hydrogen (secondary N) is 2. The summed E-state index contributed by atoms with van der Waals surface area (Å²) in [5.74, 6) is 1.15. The second-order valence-electron chi connectivity index (χ2n) is 6.31. The highest BCUT2D eigenvalue weighted by Gasteiger charge is 2.18. The first-order valence-corrected chi connectivity index (χ1v) is 8.82. The van der Waals surface area contributed by atoms with Gasteiger partial charge in [0.05, 0.1) is 12.8 Å². The van der Waals surface area contributed by atoms with Crippen LogP contribution in [0.5, 0.6) is 5.75 Å². The van der Waals surface area contributed by atoms with Crippen molar-refractivity contribution in [1.82, 2.24) is 10.3 Å². The van der Waals surface area contributed by atoms with Gasteiger partial charge >= 0.3 is 0 Å². The Bertz CT molecular complexity index is 773. The van der Waals surface area contributed by atoms with Crippen LogP contribution in [0.4, 0.5) is 11.5 Å². The molecule has 1 aromatic carbocycles. The molecule has 5 nitrogen and oxygen atoms in total. The summed E-state index contributed by atoms with van der Waals surface area (Å²) in [7, 11) is 1.59. The van der Waals surface area contributed by atoms with Gasteiger partial charge < -0.3 is 15.4 Å². The second kappa shape index (κ2) is 7.74. The summed E-state index contributed by atoms with van der Waals surface area (Å²) in [5, 5.41) is 6.93. The molecule has 0 spiro atoms. The number of hydrogen-bond acceptors (Lipinski definition) is 4. The molecule has 3 rings (SSSR count). The molecule has 1 aromatic heterocycles. The maximum absolute atomic E-state index is 12.4. The summed E-state index contributed by atoms with van der Waals surface area (Å²) < 4.78 is 5.37. The van der Waals surface area contributed by atoms with E-state index in [4.69, 9.17) is 16.3 Å². The van der Waals surface area contributed by atoms with Crippen molar-refractivity contribution in [3.05, 3.63) is 46.6 Å². The Kier molecular flexibility index (Phi) is 5.43. The lowest BCUT2D eigenvalue weighted by molar-refractivity contribution is 0.0938. The topological polar surface area (TPSA) is 63.2 Å². The molecule has 1 aliphatic rings. The molecule has 2 N–H and O–H groups in total. The first kappa shape index (κ1) is 17.5. The van der Waals surface area contributed by atoms with Gasteiger partial charge in [-0.3, -0.25) is 4.79 Å². The lowest BCUT2D eigenvalue weighted by atomic mass is 10.2. The van der Waals surface area contributed by atoms with Crippen LogP contribution >= 0.6 is 11.6 Å². The van der Waals surface area contributed by atoms with Crippen molar-refractivity contribution in [2.24, 2.45) is 0 Å². The number of halogens is 1. The number of pyridine rings is 1. The quantitative estimate of drug-likeness (QED) is 0.826. The molecule has 2 aromatic rings. The van der Waals surface area contributed by atoms with Gasteiger partial charge in [-0.2, -0.15) is 0 Å². The van der Waals surface area contributed by atoms with Crippen LogP contribution in [-0.2, 0) is 0 Å². The van der Waals surface area contributed by atoms with Gasteiger partial charge in [0.2, 0.25) is 0 Å². The summed E-state index contributed by atoms with van der Waals surface area (Å²) in [5.41, 5.74) is 2.28. The first-order valence-electron chi connectivity index (χ1n) is 8.45. The van der Waals surface area contributed by atoms with Gasteiger partial charge in [-0.1, -0.05) is 24.4 Å². The Morgan fingerprint density at radius 1 is 1.28 bits per heavy atom. The molecule has 0 saturated heterocycles. The number of carbonyl (C=O) groups excluding carboxylic acids is 1. The van der Waals surface area contributed by atoms with E-state index in [1.165, 1.54) is 12.8 Å². The standard InChI is InChI=1S/C19H22ClN3O2/c1-12-9-16(17(25-2)11-15(12)20)23-18-10-13(7-8-21-18)19(24)22-14-5-3-4-6-14/h7-11,14H,3-6H2,1-2H3,(H,21,23)(H,22,24). The number of rotatable bonds is 5. The van der Waals surface area contributed by atoms with Crippen LogP contribution in [0.3, 0.4) is 0 Å². The van der Waals surface area contributed by atoms with Gasteiger partial charge in [0.25, 0.3) is 5.91 Å². The summed E-state index contributed by atoms with van der Waals surface area (Å²) >= 11 is 6.14. The molecule has 0 unspecified atom stereocenters. The second-order valence-corrected chi connectivity index (χ2v) is 6.72. The number of aryl methyl sites for hydroxylation is 1. The number of nitrogens with zero attached hydrogens (tertiary/aromatic N) is 1. The number of amides is 1. The highest BCUT2D eigenvalue weighted by atomic mass is 35.5. The highest BCUT2D eigenvalue weighted by molar-refractivity contribution is 6.31. The highest BCUT2D eigenvalue weighted by Crippen LogP contribution is 2.32. The number of benzene rings is 1. The molecule has 0 bridgehead atoms. The third-order valence-electron chi connectivity index (χ3n) is 4.46. The van der Waals surface area contributed by atoms with E-state index in [2.05, 4.69) is 15.6 Å². The van der Waals surface area contributed by atoms with Crippen LogP contribution in [0.25, 0.3) is 0 Å². The molecule has 132 valence electrons. The number of hydrogen-bond donors (Lipinski definition) is 2. The minimum atomic E-state index is -0.0587. The van der Waals surface area contributed by atoms with Gasteiger partial charge in [0.1, 0.15) is 11.6 Å². The minimum Gasteiger partial charge on any atom is -0.495 e. The molecule has 1 heterocycles. The molecule has 1 aliphatic carbocycles. The Labute approximate surface area is 152 Å². The van der Waals surface area contributed by atoms with Crippen molar-refractivity contribution < 1.29 is 9.53 Å². The van der Waals surface area contributed by atoms with Crippen LogP contribution in [0.1, 0.15) is 41.6 Å². The smallest absolute Gasteiger partial charge is 0.251 e. The SMILES string of the molecule is COc1cc(Cl)c(C)cc1Nc1cc(C(=O)NC2CCCC2)ccn1. The van der Waals surface area contributed by atoms with Crippen LogP contribution < -0.4 is 15.4 Å². The summed E-state index contributed by atoms with van der Waals surface area (Å²) in [4.78, 5) is 16.7. The fraction of sp³-hybridized carbons (Fsp3) is 0.368. The zero-order valence-electron chi connectivity index (χ0n) is 14.4. The summed E-state index contributed by atoms with van der Waals surface area (Å²) in [6.07, 6.45) is 6.11. The Morgan fingerprint density at radius 3 is 2.76 bits per heavy atom. The minimum absolute atomic E-state index is 0.0587. The third kappa shape index (κ3) is 4.23. The molecule has 1 fully saturated rings. The Morgan fingerprint density at radius 2 is 2.04 bits per heavy atom.